The van der Waals surface area contributed by atoms with E-state index >= 15 is 0 Å². The number of rotatable bonds is 1. The van der Waals surface area contributed by atoms with Crippen LogP contribution in [0.2, 0.25) is 0 Å². The fraction of sp³-hybridized carbons (Fsp3) is 0.867. The lowest BCUT2D eigenvalue weighted by atomic mass is 9.44. The number of hydrogen-bond donors (Lipinski definition) is 3. The van der Waals surface area contributed by atoms with E-state index in [1.165, 1.54) is 0 Å². The van der Waals surface area contributed by atoms with E-state index in [0.29, 0.717) is 18.3 Å². The van der Waals surface area contributed by atoms with Gasteiger partial charge in [0, 0.05) is 11.8 Å². The third-order valence-electron chi connectivity index (χ3n) is 6.04. The molecular weight excluding hydrogens is 228 g/mol. The van der Waals surface area contributed by atoms with E-state index in [1.54, 1.807) is 0 Å². The summed E-state index contributed by atoms with van der Waals surface area (Å²) in [5.41, 5.74) is -0.467. The molecule has 0 aromatic rings. The summed E-state index contributed by atoms with van der Waals surface area (Å²) in [7, 11) is 0. The molecule has 0 radical (unpaired) electrons. The Balaban J connectivity index is 2.07. The number of allylic oxidation sites excluding steroid dienone is 1. The van der Waals surface area contributed by atoms with Crippen molar-refractivity contribution in [3.63, 3.8) is 0 Å². The van der Waals surface area contributed by atoms with Crippen LogP contribution in [0.4, 0.5) is 0 Å². The smallest absolute Gasteiger partial charge is 0.0984 e. The average molecular weight is 252 g/mol. The Hall–Kier alpha value is -0.380. The van der Waals surface area contributed by atoms with Crippen molar-refractivity contribution < 1.29 is 15.3 Å². The first-order valence-electron chi connectivity index (χ1n) is 6.97. The van der Waals surface area contributed by atoms with Gasteiger partial charge in [0.25, 0.3) is 0 Å². The van der Waals surface area contributed by atoms with E-state index in [4.69, 9.17) is 0 Å². The summed E-state index contributed by atoms with van der Waals surface area (Å²) in [5, 5.41) is 30.6. The minimum atomic E-state index is -0.983. The maximum absolute atomic E-state index is 10.8. The molecule has 5 unspecified atom stereocenters. The van der Waals surface area contributed by atoms with Crippen LogP contribution in [-0.4, -0.2) is 33.6 Å². The lowest BCUT2D eigenvalue weighted by Crippen LogP contribution is -2.71. The van der Waals surface area contributed by atoms with Gasteiger partial charge in [0.1, 0.15) is 0 Å². The molecule has 0 aliphatic heterocycles. The normalized spacial score (nSPS) is 53.2. The molecule has 3 rings (SSSR count). The van der Waals surface area contributed by atoms with Gasteiger partial charge in [-0.3, -0.25) is 0 Å². The first-order valence-corrected chi connectivity index (χ1v) is 6.97. The fourth-order valence-electron chi connectivity index (χ4n) is 4.91. The molecule has 0 saturated heterocycles. The zero-order valence-corrected chi connectivity index (χ0v) is 11.5. The number of fused-ring (bicyclic) bond motifs is 3. The Morgan fingerprint density at radius 2 is 1.89 bits per heavy atom. The molecule has 3 aliphatic carbocycles. The molecule has 2 saturated carbocycles. The topological polar surface area (TPSA) is 60.7 Å². The van der Waals surface area contributed by atoms with Gasteiger partial charge in [-0.25, -0.2) is 0 Å². The fourth-order valence-corrected chi connectivity index (χ4v) is 4.91. The largest absolute Gasteiger partial charge is 0.392 e. The van der Waals surface area contributed by atoms with Gasteiger partial charge in [0.05, 0.1) is 18.3 Å². The van der Waals surface area contributed by atoms with Crippen molar-refractivity contribution in [3.05, 3.63) is 11.6 Å². The van der Waals surface area contributed by atoms with Crippen LogP contribution in [0.1, 0.15) is 40.0 Å². The van der Waals surface area contributed by atoms with E-state index in [-0.39, 0.29) is 12.0 Å². The Bertz CT molecular complexity index is 414. The minimum Gasteiger partial charge on any atom is -0.392 e. The van der Waals surface area contributed by atoms with Crippen molar-refractivity contribution in [2.75, 3.05) is 6.61 Å². The van der Waals surface area contributed by atoms with Gasteiger partial charge in [-0.1, -0.05) is 26.8 Å². The van der Waals surface area contributed by atoms with Crippen LogP contribution < -0.4 is 0 Å². The summed E-state index contributed by atoms with van der Waals surface area (Å²) >= 11 is 0. The van der Waals surface area contributed by atoms with Crippen LogP contribution in [0.15, 0.2) is 11.6 Å². The molecule has 0 spiro atoms. The molecule has 3 aliphatic rings. The SMILES string of the molecule is CC1(C)CC2C=C(CO)C3(O)CC(O)C3(C)C2C1. The van der Waals surface area contributed by atoms with Gasteiger partial charge in [-0.2, -0.15) is 0 Å². The number of aliphatic hydroxyl groups excluding tert-OH is 2. The lowest BCUT2D eigenvalue weighted by Gasteiger charge is -2.64. The summed E-state index contributed by atoms with van der Waals surface area (Å²) in [6, 6.07) is 0. The molecule has 18 heavy (non-hydrogen) atoms. The van der Waals surface area contributed by atoms with Gasteiger partial charge in [-0.05, 0) is 35.7 Å². The molecule has 0 aromatic heterocycles. The summed E-state index contributed by atoms with van der Waals surface area (Å²) < 4.78 is 0. The zero-order chi connectivity index (χ0) is 13.3. The van der Waals surface area contributed by atoms with Gasteiger partial charge in [0.2, 0.25) is 0 Å². The van der Waals surface area contributed by atoms with E-state index in [9.17, 15) is 15.3 Å². The third-order valence-corrected chi connectivity index (χ3v) is 6.04. The molecule has 3 heteroatoms. The van der Waals surface area contributed by atoms with Crippen molar-refractivity contribution in [2.45, 2.75) is 51.7 Å². The molecule has 102 valence electrons. The minimum absolute atomic E-state index is 0.0948. The van der Waals surface area contributed by atoms with Gasteiger partial charge in [0.15, 0.2) is 0 Å². The number of hydrogen-bond acceptors (Lipinski definition) is 3. The Morgan fingerprint density at radius 3 is 2.44 bits per heavy atom. The third kappa shape index (κ3) is 1.25. The highest BCUT2D eigenvalue weighted by atomic mass is 16.3. The molecule has 0 heterocycles. The molecular formula is C15H24O3. The Kier molecular flexibility index (Phi) is 2.38. The molecule has 3 N–H and O–H groups in total. The second-order valence-electron chi connectivity index (χ2n) is 7.56. The van der Waals surface area contributed by atoms with E-state index < -0.39 is 17.1 Å². The molecule has 0 aromatic carbocycles. The van der Waals surface area contributed by atoms with Gasteiger partial charge >= 0.3 is 0 Å². The summed E-state index contributed by atoms with van der Waals surface area (Å²) in [6.07, 6.45) is 4.15. The molecule has 3 nitrogen and oxygen atoms in total. The van der Waals surface area contributed by atoms with E-state index in [0.717, 1.165) is 18.4 Å². The maximum atomic E-state index is 10.8. The molecule has 0 bridgehead atoms. The van der Waals surface area contributed by atoms with E-state index in [2.05, 4.69) is 19.9 Å². The van der Waals surface area contributed by atoms with Crippen molar-refractivity contribution in [2.24, 2.45) is 22.7 Å². The van der Waals surface area contributed by atoms with Crippen LogP contribution in [0.5, 0.6) is 0 Å². The van der Waals surface area contributed by atoms with Crippen molar-refractivity contribution in [3.8, 4) is 0 Å². The molecule has 5 atom stereocenters. The average Bonchev–Trinajstić information content (AvgIpc) is 2.59. The Labute approximate surface area is 109 Å². The van der Waals surface area contributed by atoms with Crippen molar-refractivity contribution >= 4 is 0 Å². The second kappa shape index (κ2) is 3.38. The zero-order valence-electron chi connectivity index (χ0n) is 11.5. The lowest BCUT2D eigenvalue weighted by molar-refractivity contribution is -0.249. The molecule has 0 amide bonds. The predicted molar refractivity (Wildman–Crippen MR) is 68.8 cm³/mol. The quantitative estimate of drug-likeness (QED) is 0.619. The van der Waals surface area contributed by atoms with Crippen molar-refractivity contribution in [1.29, 1.82) is 0 Å². The van der Waals surface area contributed by atoms with Gasteiger partial charge in [-0.15, -0.1) is 0 Å². The highest BCUT2D eigenvalue weighted by Crippen LogP contribution is 2.67. The van der Waals surface area contributed by atoms with Crippen molar-refractivity contribution in [1.82, 2.24) is 0 Å². The van der Waals surface area contributed by atoms with Gasteiger partial charge < -0.3 is 15.3 Å². The standard InChI is InChI=1S/C15H24O3/c1-13(2)5-9-4-10(8-16)15(18)7-12(17)14(15,3)11(9)6-13/h4,9,11-12,16-18H,5-8H2,1-3H3. The Morgan fingerprint density at radius 1 is 1.22 bits per heavy atom. The summed E-state index contributed by atoms with van der Waals surface area (Å²) in [5.74, 6) is 0.721. The van der Waals surface area contributed by atoms with Crippen LogP contribution in [-0.2, 0) is 0 Å². The predicted octanol–water partition coefficient (Wildman–Crippen LogP) is 1.47. The maximum Gasteiger partial charge on any atom is 0.0984 e. The number of aliphatic hydroxyl groups is 3. The first kappa shape index (κ1) is 12.6. The van der Waals surface area contributed by atoms with Crippen LogP contribution >= 0.6 is 0 Å². The summed E-state index contributed by atoms with van der Waals surface area (Å²) in [4.78, 5) is 0. The second-order valence-corrected chi connectivity index (χ2v) is 7.56. The first-order chi connectivity index (χ1) is 8.24. The van der Waals surface area contributed by atoms with Crippen LogP contribution in [0, 0.1) is 22.7 Å². The summed E-state index contributed by atoms with van der Waals surface area (Å²) in [6.45, 7) is 6.42. The highest BCUT2D eigenvalue weighted by molar-refractivity contribution is 5.37. The van der Waals surface area contributed by atoms with E-state index in [1.807, 2.05) is 6.92 Å². The highest BCUT2D eigenvalue weighted by Gasteiger charge is 2.70. The molecule has 2 fully saturated rings. The monoisotopic (exact) mass is 252 g/mol. The van der Waals surface area contributed by atoms with Crippen LogP contribution in [0.3, 0.4) is 0 Å². The van der Waals surface area contributed by atoms with Crippen LogP contribution in [0.25, 0.3) is 0 Å².